The number of quaternary nitrogens is 1. The molecule has 0 spiro atoms. The van der Waals surface area contributed by atoms with E-state index < -0.39 is 5.60 Å². The van der Waals surface area contributed by atoms with Gasteiger partial charge in [-0.25, -0.2) is 10.1 Å². The summed E-state index contributed by atoms with van der Waals surface area (Å²) in [7, 11) is 1.46. The zero-order valence-corrected chi connectivity index (χ0v) is 11.7. The normalized spacial score (nSPS) is 40.7. The first-order chi connectivity index (χ1) is 8.57. The average molecular weight is 257 g/mol. The summed E-state index contributed by atoms with van der Waals surface area (Å²) >= 11 is 0. The minimum atomic E-state index is -0.520. The van der Waals surface area contributed by atoms with Crippen molar-refractivity contribution in [2.75, 3.05) is 7.11 Å². The Kier molecular flexibility index (Phi) is 4.64. The van der Waals surface area contributed by atoms with Gasteiger partial charge >= 0.3 is 0 Å². The lowest BCUT2D eigenvalue weighted by Gasteiger charge is -2.33. The van der Waals surface area contributed by atoms with Crippen molar-refractivity contribution in [1.29, 1.82) is 0 Å². The maximum Gasteiger partial charge on any atom is 0.120 e. The van der Waals surface area contributed by atoms with Gasteiger partial charge < -0.3 is 10.3 Å². The molecule has 2 rings (SSSR count). The fourth-order valence-corrected chi connectivity index (χ4v) is 3.87. The molecule has 0 amide bonds. The van der Waals surface area contributed by atoms with Gasteiger partial charge in [0.15, 0.2) is 0 Å². The summed E-state index contributed by atoms with van der Waals surface area (Å²) in [6.07, 6.45) is 8.16. The molecule has 4 heteroatoms. The number of hydroxylamine groups is 2. The van der Waals surface area contributed by atoms with Crippen LogP contribution < -0.4 is 5.23 Å². The zero-order chi connectivity index (χ0) is 13.2. The molecule has 2 saturated carbocycles. The van der Waals surface area contributed by atoms with Crippen LogP contribution in [0.5, 0.6) is 0 Å². The molecule has 18 heavy (non-hydrogen) atoms. The van der Waals surface area contributed by atoms with Crippen LogP contribution in [0.15, 0.2) is 0 Å². The van der Waals surface area contributed by atoms with E-state index in [1.807, 2.05) is 0 Å². The topological polar surface area (TPSA) is 57.0 Å². The van der Waals surface area contributed by atoms with E-state index in [0.29, 0.717) is 11.8 Å². The highest BCUT2D eigenvalue weighted by molar-refractivity contribution is 4.92. The lowest BCUT2D eigenvalue weighted by Crippen LogP contribution is -3.10. The van der Waals surface area contributed by atoms with E-state index in [0.717, 1.165) is 38.5 Å². The molecule has 2 fully saturated rings. The number of aliphatic hydroxyl groups is 1. The highest BCUT2D eigenvalue weighted by atomic mass is 16.9. The van der Waals surface area contributed by atoms with Gasteiger partial charge in [0.25, 0.3) is 0 Å². The van der Waals surface area contributed by atoms with Crippen LogP contribution in [0.25, 0.3) is 0 Å². The lowest BCUT2D eigenvalue weighted by atomic mass is 9.80. The fourth-order valence-electron chi connectivity index (χ4n) is 3.87. The van der Waals surface area contributed by atoms with Crippen molar-refractivity contribution >= 4 is 0 Å². The Morgan fingerprint density at radius 1 is 1.17 bits per heavy atom. The molecule has 0 heterocycles. The van der Waals surface area contributed by atoms with Crippen LogP contribution >= 0.6 is 0 Å². The monoisotopic (exact) mass is 257 g/mol. The van der Waals surface area contributed by atoms with E-state index in [2.05, 4.69) is 6.92 Å². The third-order valence-electron chi connectivity index (χ3n) is 5.23. The number of rotatable bonds is 3. The number of hydrogen-bond donors (Lipinski definition) is 2. The smallest absolute Gasteiger partial charge is 0.120 e. The van der Waals surface area contributed by atoms with Crippen molar-refractivity contribution in [1.82, 2.24) is 0 Å². The molecule has 4 unspecified atom stereocenters. The molecule has 2 aliphatic rings. The molecule has 0 aromatic carbocycles. The highest BCUT2D eigenvalue weighted by Gasteiger charge is 2.42. The van der Waals surface area contributed by atoms with E-state index >= 15 is 0 Å². The second-order valence-corrected chi connectivity index (χ2v) is 6.27. The van der Waals surface area contributed by atoms with E-state index in [1.54, 1.807) is 0 Å². The van der Waals surface area contributed by atoms with Gasteiger partial charge in [-0.2, -0.15) is 0 Å². The molecule has 0 aliphatic heterocycles. The second-order valence-electron chi connectivity index (χ2n) is 6.27. The number of hydrogen-bond acceptors (Lipinski definition) is 3. The summed E-state index contributed by atoms with van der Waals surface area (Å²) in [6, 6.07) is -0.0228. The highest BCUT2D eigenvalue weighted by Crippen LogP contribution is 2.42. The van der Waals surface area contributed by atoms with Gasteiger partial charge in [-0.1, -0.05) is 19.8 Å². The largest absolute Gasteiger partial charge is 0.600 e. The first-order valence-corrected chi connectivity index (χ1v) is 7.37. The lowest BCUT2D eigenvalue weighted by molar-refractivity contribution is -1.07. The van der Waals surface area contributed by atoms with Crippen LogP contribution in [0.3, 0.4) is 0 Å². The van der Waals surface area contributed by atoms with Crippen LogP contribution in [0.4, 0.5) is 0 Å². The summed E-state index contributed by atoms with van der Waals surface area (Å²) in [5.74, 6) is 0.786. The van der Waals surface area contributed by atoms with E-state index in [1.165, 1.54) is 20.0 Å². The molecule has 0 saturated heterocycles. The minimum Gasteiger partial charge on any atom is -0.600 e. The molecule has 2 N–H and O–H groups in total. The quantitative estimate of drug-likeness (QED) is 0.594. The molecule has 0 aromatic heterocycles. The van der Waals surface area contributed by atoms with Crippen molar-refractivity contribution in [3.8, 4) is 0 Å². The minimum absolute atomic E-state index is 0.0228. The maximum absolute atomic E-state index is 11.8. The van der Waals surface area contributed by atoms with Crippen molar-refractivity contribution in [3.05, 3.63) is 5.21 Å². The van der Waals surface area contributed by atoms with E-state index in [9.17, 15) is 10.3 Å². The average Bonchev–Trinajstić information content (AvgIpc) is 2.86. The first-order valence-electron chi connectivity index (χ1n) is 7.37. The Bertz CT molecular complexity index is 268. The Morgan fingerprint density at radius 3 is 2.39 bits per heavy atom. The number of nitrogens with one attached hydrogen (secondary N) is 1. The van der Waals surface area contributed by atoms with Gasteiger partial charge in [0.1, 0.15) is 6.04 Å². The van der Waals surface area contributed by atoms with Gasteiger partial charge in [-0.05, 0) is 38.0 Å². The maximum atomic E-state index is 11.8. The molecule has 0 radical (unpaired) electrons. The summed E-state index contributed by atoms with van der Waals surface area (Å²) in [5.41, 5.74) is -0.520. The standard InChI is InChI=1S/C14H27NO3/c1-11-7-9-14(16,12-5-3-4-6-12)10-8-13(11)15(17)18-2/h11-13,15-16H,3-10H2,1-2H3. The van der Waals surface area contributed by atoms with Gasteiger partial charge in [0.05, 0.1) is 12.7 Å². The van der Waals surface area contributed by atoms with Crippen molar-refractivity contribution in [3.63, 3.8) is 0 Å². The Balaban J connectivity index is 2.01. The molecule has 4 nitrogen and oxygen atoms in total. The van der Waals surface area contributed by atoms with Gasteiger partial charge in [0, 0.05) is 12.3 Å². The predicted octanol–water partition coefficient (Wildman–Crippen LogP) is 1.43. The summed E-state index contributed by atoms with van der Waals surface area (Å²) in [6.45, 7) is 2.11. The third kappa shape index (κ3) is 2.87. The predicted molar refractivity (Wildman–Crippen MR) is 69.7 cm³/mol. The molecule has 2 aliphatic carbocycles. The van der Waals surface area contributed by atoms with Gasteiger partial charge in [0.2, 0.25) is 0 Å². The van der Waals surface area contributed by atoms with E-state index in [-0.39, 0.29) is 11.3 Å². The summed E-state index contributed by atoms with van der Waals surface area (Å²) < 4.78 is 0. The van der Waals surface area contributed by atoms with Crippen molar-refractivity contribution in [2.45, 2.75) is 69.9 Å². The molecule has 106 valence electrons. The SMILES string of the molecule is CO[NH+]([O-])C1CCC(O)(C2CCCC2)CCC1C. The summed E-state index contributed by atoms with van der Waals surface area (Å²) in [4.78, 5) is 4.89. The molecule has 0 bridgehead atoms. The second kappa shape index (κ2) is 5.87. The van der Waals surface area contributed by atoms with Gasteiger partial charge in [-0.3, -0.25) is 0 Å². The van der Waals surface area contributed by atoms with Crippen LogP contribution in [0.1, 0.15) is 58.3 Å². The Morgan fingerprint density at radius 2 is 1.78 bits per heavy atom. The summed E-state index contributed by atoms with van der Waals surface area (Å²) in [5, 5.41) is 22.5. The zero-order valence-electron chi connectivity index (χ0n) is 11.7. The third-order valence-corrected chi connectivity index (χ3v) is 5.23. The molecular formula is C14H27NO3. The van der Waals surface area contributed by atoms with Gasteiger partial charge in [-0.15, -0.1) is 0 Å². The van der Waals surface area contributed by atoms with Crippen LogP contribution in [0, 0.1) is 17.0 Å². The Labute approximate surface area is 110 Å². The van der Waals surface area contributed by atoms with Crippen LogP contribution in [-0.4, -0.2) is 23.9 Å². The van der Waals surface area contributed by atoms with Crippen molar-refractivity contribution < 1.29 is 15.2 Å². The van der Waals surface area contributed by atoms with Crippen LogP contribution in [0.2, 0.25) is 0 Å². The molecule has 0 aromatic rings. The fraction of sp³-hybridized carbons (Fsp3) is 1.00. The molecule has 4 atom stereocenters. The molecular weight excluding hydrogens is 230 g/mol. The Hall–Kier alpha value is -0.160. The van der Waals surface area contributed by atoms with E-state index in [4.69, 9.17) is 4.84 Å². The van der Waals surface area contributed by atoms with Crippen molar-refractivity contribution in [2.24, 2.45) is 11.8 Å². The van der Waals surface area contributed by atoms with Crippen LogP contribution in [-0.2, 0) is 4.84 Å². The first kappa shape index (κ1) is 14.3.